The maximum atomic E-state index is 12.2. The number of anilines is 1. The second kappa shape index (κ2) is 4.86. The van der Waals surface area contributed by atoms with E-state index in [2.05, 4.69) is 10.3 Å². The monoisotopic (exact) mass is 295 g/mol. The lowest BCUT2D eigenvalue weighted by Crippen LogP contribution is -2.51. The standard InChI is InChI=1S/C12H10ClN3O2S/c13-7-3-1-2-4-8(7)14-9-10(17)15-12-16(11(9)18)5-6-19-12/h1-4,9,14H,5-6H2. The third-order valence-corrected chi connectivity index (χ3v) is 4.20. The first-order valence-corrected chi connectivity index (χ1v) is 7.11. The van der Waals surface area contributed by atoms with Crippen molar-refractivity contribution in [3.63, 3.8) is 0 Å². The molecule has 1 atom stereocenters. The molecule has 1 unspecified atom stereocenters. The van der Waals surface area contributed by atoms with E-state index in [1.54, 1.807) is 29.2 Å². The summed E-state index contributed by atoms with van der Waals surface area (Å²) >= 11 is 7.44. The van der Waals surface area contributed by atoms with Crippen LogP contribution in [-0.2, 0) is 9.59 Å². The van der Waals surface area contributed by atoms with Crippen molar-refractivity contribution in [3.05, 3.63) is 29.3 Å². The highest BCUT2D eigenvalue weighted by atomic mass is 35.5. The number of thioether (sulfide) groups is 1. The fourth-order valence-corrected chi connectivity index (χ4v) is 3.11. The smallest absolute Gasteiger partial charge is 0.280 e. The van der Waals surface area contributed by atoms with Gasteiger partial charge in [0, 0.05) is 12.3 Å². The highest BCUT2D eigenvalue weighted by molar-refractivity contribution is 8.14. The lowest BCUT2D eigenvalue weighted by molar-refractivity contribution is -0.134. The molecule has 5 nitrogen and oxygen atoms in total. The number of halogens is 1. The molecule has 3 rings (SSSR count). The second-order valence-electron chi connectivity index (χ2n) is 4.13. The number of rotatable bonds is 2. The van der Waals surface area contributed by atoms with Crippen molar-refractivity contribution in [1.82, 2.24) is 4.90 Å². The molecule has 0 aromatic heterocycles. The molecule has 98 valence electrons. The van der Waals surface area contributed by atoms with Crippen LogP contribution in [0.5, 0.6) is 0 Å². The van der Waals surface area contributed by atoms with Crippen molar-refractivity contribution >= 4 is 46.0 Å². The van der Waals surface area contributed by atoms with Gasteiger partial charge in [-0.05, 0) is 12.1 Å². The van der Waals surface area contributed by atoms with Crippen molar-refractivity contribution in [2.75, 3.05) is 17.6 Å². The Kier molecular flexibility index (Phi) is 3.20. The summed E-state index contributed by atoms with van der Waals surface area (Å²) in [5.74, 6) is 0.0434. The van der Waals surface area contributed by atoms with E-state index < -0.39 is 11.9 Å². The number of aliphatic imine (C=N–C) groups is 1. The quantitative estimate of drug-likeness (QED) is 0.842. The Morgan fingerprint density at radius 3 is 2.95 bits per heavy atom. The molecular weight excluding hydrogens is 286 g/mol. The summed E-state index contributed by atoms with van der Waals surface area (Å²) in [4.78, 5) is 29.6. The minimum atomic E-state index is -0.984. The average molecular weight is 296 g/mol. The van der Waals surface area contributed by atoms with Gasteiger partial charge in [-0.1, -0.05) is 35.5 Å². The molecule has 2 aliphatic rings. The highest BCUT2D eigenvalue weighted by Gasteiger charge is 2.40. The summed E-state index contributed by atoms with van der Waals surface area (Å²) in [7, 11) is 0. The minimum absolute atomic E-state index is 0.264. The molecule has 0 aliphatic carbocycles. The Bertz CT molecular complexity index is 590. The van der Waals surface area contributed by atoms with Crippen LogP contribution in [0.2, 0.25) is 5.02 Å². The molecular formula is C12H10ClN3O2S. The van der Waals surface area contributed by atoms with Gasteiger partial charge in [0.15, 0.2) is 11.2 Å². The number of benzene rings is 1. The molecule has 2 amide bonds. The zero-order valence-electron chi connectivity index (χ0n) is 9.80. The van der Waals surface area contributed by atoms with Gasteiger partial charge in [0.05, 0.1) is 10.7 Å². The third-order valence-electron chi connectivity index (χ3n) is 2.92. The van der Waals surface area contributed by atoms with Crippen LogP contribution >= 0.6 is 23.4 Å². The Hall–Kier alpha value is -1.53. The average Bonchev–Trinajstić information content (AvgIpc) is 2.84. The maximum Gasteiger partial charge on any atom is 0.280 e. The van der Waals surface area contributed by atoms with E-state index in [0.29, 0.717) is 22.4 Å². The number of para-hydroxylation sites is 1. The molecule has 1 aromatic rings. The van der Waals surface area contributed by atoms with Crippen molar-refractivity contribution in [3.8, 4) is 0 Å². The molecule has 2 aliphatic heterocycles. The van der Waals surface area contributed by atoms with Gasteiger partial charge in [0.1, 0.15) is 0 Å². The first-order valence-electron chi connectivity index (χ1n) is 5.74. The van der Waals surface area contributed by atoms with Crippen LogP contribution in [0.15, 0.2) is 29.3 Å². The topological polar surface area (TPSA) is 61.8 Å². The second-order valence-corrected chi connectivity index (χ2v) is 5.60. The molecule has 0 bridgehead atoms. The molecule has 0 saturated carbocycles. The third kappa shape index (κ3) is 2.21. The Labute approximate surface area is 119 Å². The van der Waals surface area contributed by atoms with E-state index >= 15 is 0 Å². The van der Waals surface area contributed by atoms with Crippen molar-refractivity contribution in [2.45, 2.75) is 6.04 Å². The first-order chi connectivity index (χ1) is 9.16. The fourth-order valence-electron chi connectivity index (χ4n) is 1.98. The zero-order valence-corrected chi connectivity index (χ0v) is 11.4. The molecule has 0 spiro atoms. The fraction of sp³-hybridized carbons (Fsp3) is 0.250. The molecule has 2 heterocycles. The van der Waals surface area contributed by atoms with Crippen LogP contribution in [0.3, 0.4) is 0 Å². The molecule has 1 fully saturated rings. The number of amidine groups is 1. The summed E-state index contributed by atoms with van der Waals surface area (Å²) in [5.41, 5.74) is 0.557. The number of hydrogen-bond donors (Lipinski definition) is 1. The number of carbonyl (C=O) groups excluding carboxylic acids is 2. The molecule has 1 aromatic carbocycles. The lowest BCUT2D eigenvalue weighted by Gasteiger charge is -2.26. The van der Waals surface area contributed by atoms with Gasteiger partial charge in [-0.3, -0.25) is 14.5 Å². The van der Waals surface area contributed by atoms with Crippen LogP contribution in [0.1, 0.15) is 0 Å². The van der Waals surface area contributed by atoms with Gasteiger partial charge in [0.2, 0.25) is 0 Å². The Balaban J connectivity index is 1.88. The number of carbonyl (C=O) groups is 2. The molecule has 1 N–H and O–H groups in total. The molecule has 1 saturated heterocycles. The first kappa shape index (κ1) is 12.5. The summed E-state index contributed by atoms with van der Waals surface area (Å²) in [6, 6.07) is 6.00. The lowest BCUT2D eigenvalue weighted by atomic mass is 10.2. The van der Waals surface area contributed by atoms with Crippen molar-refractivity contribution in [1.29, 1.82) is 0 Å². The SMILES string of the molecule is O=C1N=C2SCCN2C(=O)C1Nc1ccccc1Cl. The van der Waals surface area contributed by atoms with Gasteiger partial charge in [-0.15, -0.1) is 0 Å². The number of amides is 2. The van der Waals surface area contributed by atoms with Crippen LogP contribution < -0.4 is 5.32 Å². The summed E-state index contributed by atoms with van der Waals surface area (Å²) in [5, 5.41) is 3.85. The number of nitrogens with zero attached hydrogens (tertiary/aromatic N) is 2. The highest BCUT2D eigenvalue weighted by Crippen LogP contribution is 2.26. The van der Waals surface area contributed by atoms with Gasteiger partial charge in [0.25, 0.3) is 11.8 Å². The number of nitrogens with one attached hydrogen (secondary N) is 1. The van der Waals surface area contributed by atoms with Gasteiger partial charge >= 0.3 is 0 Å². The molecule has 0 radical (unpaired) electrons. The predicted molar refractivity (Wildman–Crippen MR) is 75.5 cm³/mol. The maximum absolute atomic E-state index is 12.2. The van der Waals surface area contributed by atoms with Gasteiger partial charge < -0.3 is 5.32 Å². The summed E-state index contributed by atoms with van der Waals surface area (Å²) < 4.78 is 0. The van der Waals surface area contributed by atoms with Crippen molar-refractivity contribution in [2.24, 2.45) is 4.99 Å². The van der Waals surface area contributed by atoms with Crippen LogP contribution in [0.4, 0.5) is 5.69 Å². The van der Waals surface area contributed by atoms with E-state index in [4.69, 9.17) is 11.6 Å². The van der Waals surface area contributed by atoms with E-state index in [1.807, 2.05) is 0 Å². The van der Waals surface area contributed by atoms with Crippen LogP contribution in [0, 0.1) is 0 Å². The van der Waals surface area contributed by atoms with Crippen molar-refractivity contribution < 1.29 is 9.59 Å². The van der Waals surface area contributed by atoms with E-state index in [-0.39, 0.29) is 5.91 Å². The van der Waals surface area contributed by atoms with E-state index in [9.17, 15) is 9.59 Å². The largest absolute Gasteiger partial charge is 0.365 e. The Morgan fingerprint density at radius 2 is 2.16 bits per heavy atom. The molecule has 19 heavy (non-hydrogen) atoms. The summed E-state index contributed by atoms with van der Waals surface area (Å²) in [6.45, 7) is 0.594. The predicted octanol–water partition coefficient (Wildman–Crippen LogP) is 1.59. The minimum Gasteiger partial charge on any atom is -0.365 e. The number of hydrogen-bond acceptors (Lipinski definition) is 4. The molecule has 7 heteroatoms. The summed E-state index contributed by atoms with van der Waals surface area (Å²) in [6.07, 6.45) is 0. The van der Waals surface area contributed by atoms with E-state index in [1.165, 1.54) is 11.8 Å². The number of fused-ring (bicyclic) bond motifs is 1. The Morgan fingerprint density at radius 1 is 1.37 bits per heavy atom. The van der Waals surface area contributed by atoms with E-state index in [0.717, 1.165) is 5.75 Å². The van der Waals surface area contributed by atoms with Gasteiger partial charge in [-0.25, -0.2) is 0 Å². The van der Waals surface area contributed by atoms with Crippen LogP contribution in [-0.4, -0.2) is 40.2 Å². The van der Waals surface area contributed by atoms with Crippen LogP contribution in [0.25, 0.3) is 0 Å². The normalized spacial score (nSPS) is 22.3. The van der Waals surface area contributed by atoms with Gasteiger partial charge in [-0.2, -0.15) is 4.99 Å². The zero-order chi connectivity index (χ0) is 13.4.